The zero-order chi connectivity index (χ0) is 19.9. The molecular weight excluding hydrogens is 383 g/mol. The molecule has 0 aromatic heterocycles. The predicted octanol–water partition coefficient (Wildman–Crippen LogP) is 0.978. The van der Waals surface area contributed by atoms with E-state index in [-0.39, 0.29) is 17.5 Å². The van der Waals surface area contributed by atoms with Crippen LogP contribution in [0, 0.1) is 11.7 Å². The molecule has 2 aliphatic heterocycles. The first-order valence-electron chi connectivity index (χ1n) is 9.25. The van der Waals surface area contributed by atoms with Gasteiger partial charge in [-0.15, -0.1) is 0 Å². The molecule has 2 saturated heterocycles. The molecule has 0 saturated carbocycles. The van der Waals surface area contributed by atoms with Gasteiger partial charge >= 0.3 is 0 Å². The van der Waals surface area contributed by atoms with Crippen LogP contribution in [0.15, 0.2) is 29.3 Å². The Bertz CT molecular complexity index is 750. The fourth-order valence-corrected chi connectivity index (χ4v) is 3.33. The Morgan fingerprint density at radius 1 is 1.25 bits per heavy atom. The van der Waals surface area contributed by atoms with Crippen LogP contribution in [-0.2, 0) is 20.9 Å². The van der Waals surface area contributed by atoms with Crippen LogP contribution in [0.25, 0.3) is 0 Å². The van der Waals surface area contributed by atoms with Gasteiger partial charge in [-0.1, -0.05) is 12.1 Å². The SMILES string of the molecule is O=C1NC(=S)N(Cc2ccc(F)cc2)C(=O)[C@@H]1C=NCCCN1CCOCC1. The van der Waals surface area contributed by atoms with E-state index < -0.39 is 17.7 Å². The topological polar surface area (TPSA) is 74.2 Å². The minimum absolute atomic E-state index is 0.0521. The summed E-state index contributed by atoms with van der Waals surface area (Å²) in [5.74, 6) is -2.25. The van der Waals surface area contributed by atoms with Crippen molar-refractivity contribution < 1.29 is 18.7 Å². The standard InChI is InChI=1S/C19H23FN4O3S/c20-15-4-2-14(3-5-15)13-24-18(26)16(17(25)22-19(24)28)12-21-6-1-7-23-8-10-27-11-9-23/h2-5,12,16H,1,6-11,13H2,(H,22,25,28)/t16-/m1/s1. The lowest BCUT2D eigenvalue weighted by molar-refractivity contribution is -0.138. The van der Waals surface area contributed by atoms with Crippen LogP contribution >= 0.6 is 12.2 Å². The van der Waals surface area contributed by atoms with E-state index in [1.807, 2.05) is 0 Å². The molecule has 3 rings (SSSR count). The highest BCUT2D eigenvalue weighted by Crippen LogP contribution is 2.14. The van der Waals surface area contributed by atoms with E-state index in [1.165, 1.54) is 23.2 Å². The summed E-state index contributed by atoms with van der Waals surface area (Å²) in [7, 11) is 0. The molecule has 1 aromatic carbocycles. The molecule has 0 radical (unpaired) electrons. The van der Waals surface area contributed by atoms with Gasteiger partial charge in [0.25, 0.3) is 0 Å². The number of aliphatic imine (C=N–C) groups is 1. The normalized spacial score (nSPS) is 21.4. The molecule has 9 heteroatoms. The number of benzene rings is 1. The zero-order valence-electron chi connectivity index (χ0n) is 15.5. The summed E-state index contributed by atoms with van der Waals surface area (Å²) in [4.78, 5) is 32.8. The summed E-state index contributed by atoms with van der Waals surface area (Å²) < 4.78 is 18.4. The van der Waals surface area contributed by atoms with Crippen LogP contribution in [-0.4, -0.2) is 72.3 Å². The number of amides is 2. The van der Waals surface area contributed by atoms with Crippen LogP contribution in [0.5, 0.6) is 0 Å². The van der Waals surface area contributed by atoms with Gasteiger partial charge in [-0.25, -0.2) is 4.39 Å². The third-order valence-corrected chi connectivity index (χ3v) is 4.99. The van der Waals surface area contributed by atoms with Crippen molar-refractivity contribution in [3.05, 3.63) is 35.6 Å². The largest absolute Gasteiger partial charge is 0.379 e. The average Bonchev–Trinajstić information content (AvgIpc) is 2.69. The van der Waals surface area contributed by atoms with E-state index >= 15 is 0 Å². The molecule has 0 spiro atoms. The lowest BCUT2D eigenvalue weighted by Gasteiger charge is -2.31. The number of halogens is 1. The van der Waals surface area contributed by atoms with Crippen molar-refractivity contribution in [2.24, 2.45) is 10.9 Å². The molecule has 0 bridgehead atoms. The van der Waals surface area contributed by atoms with Crippen molar-refractivity contribution in [1.82, 2.24) is 15.1 Å². The van der Waals surface area contributed by atoms with E-state index in [0.29, 0.717) is 6.54 Å². The van der Waals surface area contributed by atoms with E-state index in [1.54, 1.807) is 12.1 Å². The Morgan fingerprint density at radius 3 is 2.68 bits per heavy atom. The first-order chi connectivity index (χ1) is 13.5. The third-order valence-electron chi connectivity index (χ3n) is 4.66. The average molecular weight is 406 g/mol. The Balaban J connectivity index is 1.54. The smallest absolute Gasteiger partial charge is 0.247 e. The minimum Gasteiger partial charge on any atom is -0.379 e. The number of ether oxygens (including phenoxy) is 1. The van der Waals surface area contributed by atoms with Gasteiger partial charge in [0.15, 0.2) is 11.0 Å². The highest BCUT2D eigenvalue weighted by molar-refractivity contribution is 7.80. The third kappa shape index (κ3) is 5.40. The Morgan fingerprint density at radius 2 is 1.96 bits per heavy atom. The molecule has 2 amide bonds. The Labute approximate surface area is 168 Å². The molecule has 150 valence electrons. The highest BCUT2D eigenvalue weighted by atomic mass is 32.1. The first-order valence-corrected chi connectivity index (χ1v) is 9.66. The maximum absolute atomic E-state index is 13.1. The van der Waals surface area contributed by atoms with Gasteiger partial charge in [0.05, 0.1) is 19.8 Å². The first kappa shape index (κ1) is 20.5. The summed E-state index contributed by atoms with van der Waals surface area (Å²) in [6.07, 6.45) is 2.24. The molecule has 2 aliphatic rings. The van der Waals surface area contributed by atoms with Crippen LogP contribution in [0.4, 0.5) is 4.39 Å². The second kappa shape index (κ2) is 9.81. The van der Waals surface area contributed by atoms with Crippen LogP contribution in [0.2, 0.25) is 0 Å². The number of rotatable bonds is 7. The quantitative estimate of drug-likeness (QED) is 0.316. The molecule has 1 aromatic rings. The fourth-order valence-electron chi connectivity index (χ4n) is 3.07. The molecule has 7 nitrogen and oxygen atoms in total. The number of nitrogens with zero attached hydrogens (tertiary/aromatic N) is 3. The van der Waals surface area contributed by atoms with Gasteiger partial charge in [0.2, 0.25) is 11.8 Å². The number of hydrogen-bond acceptors (Lipinski definition) is 6. The molecule has 1 atom stereocenters. The van der Waals surface area contributed by atoms with E-state index in [0.717, 1.165) is 44.8 Å². The number of carbonyl (C=O) groups excluding carboxylic acids is 2. The van der Waals surface area contributed by atoms with Crippen molar-refractivity contribution >= 4 is 35.4 Å². The molecule has 0 unspecified atom stereocenters. The number of morpholine rings is 1. The lowest BCUT2D eigenvalue weighted by Crippen LogP contribution is -2.57. The van der Waals surface area contributed by atoms with E-state index in [4.69, 9.17) is 17.0 Å². The number of carbonyl (C=O) groups is 2. The van der Waals surface area contributed by atoms with E-state index in [2.05, 4.69) is 15.2 Å². The van der Waals surface area contributed by atoms with Crippen LogP contribution < -0.4 is 5.32 Å². The van der Waals surface area contributed by atoms with Crippen molar-refractivity contribution in [1.29, 1.82) is 0 Å². The summed E-state index contributed by atoms with van der Waals surface area (Å²) in [5.41, 5.74) is 0.717. The van der Waals surface area contributed by atoms with Crippen molar-refractivity contribution in [2.45, 2.75) is 13.0 Å². The van der Waals surface area contributed by atoms with E-state index in [9.17, 15) is 14.0 Å². The number of nitrogens with one attached hydrogen (secondary N) is 1. The maximum Gasteiger partial charge on any atom is 0.247 e. The number of hydrogen-bond donors (Lipinski definition) is 1. The molecule has 2 heterocycles. The zero-order valence-corrected chi connectivity index (χ0v) is 16.3. The summed E-state index contributed by atoms with van der Waals surface area (Å²) in [6.45, 7) is 4.96. The highest BCUT2D eigenvalue weighted by Gasteiger charge is 2.37. The van der Waals surface area contributed by atoms with Crippen molar-refractivity contribution in [3.8, 4) is 0 Å². The van der Waals surface area contributed by atoms with Gasteiger partial charge in [-0.3, -0.25) is 24.4 Å². The maximum atomic E-state index is 13.1. The van der Waals surface area contributed by atoms with Crippen LogP contribution in [0.3, 0.4) is 0 Å². The molecule has 2 fully saturated rings. The van der Waals surface area contributed by atoms with Gasteiger partial charge < -0.3 is 10.1 Å². The van der Waals surface area contributed by atoms with Gasteiger partial charge in [0.1, 0.15) is 5.82 Å². The Kier molecular flexibility index (Phi) is 7.18. The summed E-state index contributed by atoms with van der Waals surface area (Å²) >= 11 is 5.12. The van der Waals surface area contributed by atoms with Gasteiger partial charge in [-0.2, -0.15) is 0 Å². The molecular formula is C19H23FN4O3S. The minimum atomic E-state index is -1.00. The van der Waals surface area contributed by atoms with Gasteiger partial charge in [-0.05, 0) is 36.3 Å². The van der Waals surface area contributed by atoms with Crippen molar-refractivity contribution in [3.63, 3.8) is 0 Å². The molecule has 28 heavy (non-hydrogen) atoms. The fraction of sp³-hybridized carbons (Fsp3) is 0.474. The predicted molar refractivity (Wildman–Crippen MR) is 106 cm³/mol. The monoisotopic (exact) mass is 406 g/mol. The number of thiocarbonyl (C=S) groups is 1. The molecule has 1 N–H and O–H groups in total. The summed E-state index contributed by atoms with van der Waals surface area (Å²) in [5, 5.41) is 2.60. The second-order valence-corrected chi connectivity index (χ2v) is 7.07. The van der Waals surface area contributed by atoms with Crippen LogP contribution in [0.1, 0.15) is 12.0 Å². The lowest BCUT2D eigenvalue weighted by atomic mass is 10.1. The molecule has 0 aliphatic carbocycles. The summed E-state index contributed by atoms with van der Waals surface area (Å²) in [6, 6.07) is 5.80. The van der Waals surface area contributed by atoms with Crippen molar-refractivity contribution in [2.75, 3.05) is 39.4 Å². The second-order valence-electron chi connectivity index (χ2n) is 6.69. The Hall–Kier alpha value is -2.23. The van der Waals surface area contributed by atoms with Gasteiger partial charge in [0, 0.05) is 32.4 Å².